The number of rotatable bonds is 4. The normalized spacial score (nSPS) is 24.4. The van der Waals surface area contributed by atoms with Crippen LogP contribution in [0.15, 0.2) is 30.3 Å². The van der Waals surface area contributed by atoms with E-state index in [9.17, 15) is 4.79 Å². The van der Waals surface area contributed by atoms with Crippen molar-refractivity contribution in [1.29, 1.82) is 0 Å². The number of hydrogen-bond donors (Lipinski definition) is 1. The van der Waals surface area contributed by atoms with E-state index in [1.54, 1.807) is 0 Å². The molecular weight excluding hydrogens is 298 g/mol. The molecule has 24 heavy (non-hydrogen) atoms. The average molecular weight is 329 g/mol. The zero-order valence-electron chi connectivity index (χ0n) is 14.7. The van der Waals surface area contributed by atoms with Crippen LogP contribution in [0.1, 0.15) is 50.1 Å². The smallest absolute Gasteiger partial charge is 0.244 e. The van der Waals surface area contributed by atoms with Crippen LogP contribution in [0.2, 0.25) is 0 Å². The van der Waals surface area contributed by atoms with E-state index >= 15 is 0 Å². The van der Waals surface area contributed by atoms with Crippen molar-refractivity contribution in [1.82, 2.24) is 9.80 Å². The summed E-state index contributed by atoms with van der Waals surface area (Å²) in [5.74, 6) is 0.686. The van der Waals surface area contributed by atoms with Crippen molar-refractivity contribution in [2.45, 2.75) is 44.6 Å². The first-order valence-electron chi connectivity index (χ1n) is 9.55. The van der Waals surface area contributed by atoms with Gasteiger partial charge in [-0.25, -0.2) is 0 Å². The molecule has 2 atom stereocenters. The Morgan fingerprint density at radius 1 is 1.04 bits per heavy atom. The highest BCUT2D eigenvalue weighted by atomic mass is 16.2. The molecule has 1 aromatic rings. The fraction of sp³-hybridized carbons (Fsp3) is 0.650. The molecule has 0 radical (unpaired) electrons. The third-order valence-electron chi connectivity index (χ3n) is 5.47. The van der Waals surface area contributed by atoms with E-state index in [1.165, 1.54) is 45.2 Å². The number of amides is 1. The molecule has 0 aliphatic carbocycles. The Morgan fingerprint density at radius 3 is 2.46 bits per heavy atom. The van der Waals surface area contributed by atoms with Gasteiger partial charge in [0.15, 0.2) is 0 Å². The summed E-state index contributed by atoms with van der Waals surface area (Å²) in [5.41, 5.74) is 7.13. The molecule has 0 aromatic heterocycles. The predicted octanol–water partition coefficient (Wildman–Crippen LogP) is 2.80. The van der Waals surface area contributed by atoms with Crippen LogP contribution in [0.4, 0.5) is 0 Å². The first kappa shape index (κ1) is 17.4. The van der Waals surface area contributed by atoms with Gasteiger partial charge in [-0.2, -0.15) is 0 Å². The molecule has 0 unspecified atom stereocenters. The highest BCUT2D eigenvalue weighted by Crippen LogP contribution is 2.22. The Kier molecular flexibility index (Phi) is 6.27. The molecule has 132 valence electrons. The zero-order valence-corrected chi connectivity index (χ0v) is 14.7. The molecule has 2 saturated heterocycles. The molecule has 3 rings (SSSR count). The molecule has 4 heteroatoms. The number of hydrogen-bond acceptors (Lipinski definition) is 3. The van der Waals surface area contributed by atoms with Crippen molar-refractivity contribution < 1.29 is 4.79 Å². The maximum absolute atomic E-state index is 12.8. The van der Waals surface area contributed by atoms with Gasteiger partial charge < -0.3 is 15.5 Å². The van der Waals surface area contributed by atoms with Crippen molar-refractivity contribution in [2.24, 2.45) is 11.7 Å². The van der Waals surface area contributed by atoms with E-state index < -0.39 is 6.04 Å². The van der Waals surface area contributed by atoms with Crippen molar-refractivity contribution in [3.05, 3.63) is 35.9 Å². The van der Waals surface area contributed by atoms with Crippen LogP contribution >= 0.6 is 0 Å². The monoisotopic (exact) mass is 329 g/mol. The van der Waals surface area contributed by atoms with Crippen LogP contribution in [-0.2, 0) is 4.79 Å². The molecule has 0 bridgehead atoms. The number of nitrogens with two attached hydrogens (primary N) is 1. The lowest BCUT2D eigenvalue weighted by Gasteiger charge is -2.36. The van der Waals surface area contributed by atoms with Gasteiger partial charge >= 0.3 is 0 Å². The van der Waals surface area contributed by atoms with Crippen LogP contribution in [-0.4, -0.2) is 48.4 Å². The Labute approximate surface area is 146 Å². The minimum atomic E-state index is -0.525. The summed E-state index contributed by atoms with van der Waals surface area (Å²) in [6.07, 6.45) is 7.74. The van der Waals surface area contributed by atoms with Crippen molar-refractivity contribution in [3.8, 4) is 0 Å². The number of likely N-dealkylation sites (tertiary alicyclic amines) is 2. The Morgan fingerprint density at radius 2 is 1.75 bits per heavy atom. The molecule has 2 heterocycles. The highest BCUT2D eigenvalue weighted by molar-refractivity contribution is 5.83. The van der Waals surface area contributed by atoms with Crippen LogP contribution in [0.3, 0.4) is 0 Å². The minimum Gasteiger partial charge on any atom is -0.341 e. The van der Waals surface area contributed by atoms with Gasteiger partial charge in [0, 0.05) is 19.6 Å². The minimum absolute atomic E-state index is 0.0850. The molecule has 1 aromatic carbocycles. The number of carbonyl (C=O) groups is 1. The maximum Gasteiger partial charge on any atom is 0.244 e. The van der Waals surface area contributed by atoms with Gasteiger partial charge in [0.1, 0.15) is 6.04 Å². The van der Waals surface area contributed by atoms with Gasteiger partial charge in [0.2, 0.25) is 5.91 Å². The summed E-state index contributed by atoms with van der Waals surface area (Å²) < 4.78 is 0. The molecule has 2 N–H and O–H groups in total. The molecule has 2 aliphatic rings. The number of piperidine rings is 1. The second-order valence-electron chi connectivity index (χ2n) is 7.40. The van der Waals surface area contributed by atoms with Crippen molar-refractivity contribution in [2.75, 3.05) is 32.7 Å². The fourth-order valence-electron chi connectivity index (χ4n) is 4.10. The quantitative estimate of drug-likeness (QED) is 0.924. The first-order chi connectivity index (χ1) is 11.7. The predicted molar refractivity (Wildman–Crippen MR) is 97.6 cm³/mol. The molecule has 2 fully saturated rings. The van der Waals surface area contributed by atoms with Gasteiger partial charge in [-0.05, 0) is 50.3 Å². The Hall–Kier alpha value is -1.39. The average Bonchev–Trinajstić information content (AvgIpc) is 2.90. The second-order valence-corrected chi connectivity index (χ2v) is 7.40. The molecule has 1 amide bonds. The lowest BCUT2D eigenvalue weighted by atomic mass is 9.96. The van der Waals surface area contributed by atoms with Gasteiger partial charge in [0.05, 0.1) is 0 Å². The SMILES string of the molecule is N[C@@H](C(=O)N1CCC[C@@H](CN2CCCCCC2)C1)c1ccccc1. The summed E-state index contributed by atoms with van der Waals surface area (Å²) in [4.78, 5) is 17.4. The fourth-order valence-corrected chi connectivity index (χ4v) is 4.10. The molecule has 2 aliphatic heterocycles. The van der Waals surface area contributed by atoms with E-state index in [4.69, 9.17) is 5.73 Å². The van der Waals surface area contributed by atoms with Crippen LogP contribution < -0.4 is 5.73 Å². The van der Waals surface area contributed by atoms with Crippen molar-refractivity contribution >= 4 is 5.91 Å². The first-order valence-corrected chi connectivity index (χ1v) is 9.55. The van der Waals surface area contributed by atoms with E-state index in [1.807, 2.05) is 35.2 Å². The molecular formula is C20H31N3O. The number of nitrogens with zero attached hydrogens (tertiary/aromatic N) is 2. The number of benzene rings is 1. The van der Waals surface area contributed by atoms with E-state index in [-0.39, 0.29) is 5.91 Å². The van der Waals surface area contributed by atoms with Crippen LogP contribution in [0.5, 0.6) is 0 Å². The summed E-state index contributed by atoms with van der Waals surface area (Å²) >= 11 is 0. The standard InChI is InChI=1S/C20H31N3O/c21-19(18-10-4-3-5-11-18)20(24)23-14-8-9-17(16-23)15-22-12-6-1-2-7-13-22/h3-5,10-11,17,19H,1-2,6-9,12-16,21H2/t17-,19+/m0/s1. The van der Waals surface area contributed by atoms with Crippen LogP contribution in [0, 0.1) is 5.92 Å². The highest BCUT2D eigenvalue weighted by Gasteiger charge is 2.28. The summed E-state index contributed by atoms with van der Waals surface area (Å²) in [5, 5.41) is 0. The Bertz CT molecular complexity index is 511. The summed E-state index contributed by atoms with van der Waals surface area (Å²) in [6, 6.07) is 9.21. The summed E-state index contributed by atoms with van der Waals surface area (Å²) in [7, 11) is 0. The lowest BCUT2D eigenvalue weighted by Crippen LogP contribution is -2.47. The van der Waals surface area contributed by atoms with Gasteiger partial charge in [0.25, 0.3) is 0 Å². The largest absolute Gasteiger partial charge is 0.341 e. The Balaban J connectivity index is 1.55. The van der Waals surface area contributed by atoms with E-state index in [0.29, 0.717) is 5.92 Å². The topological polar surface area (TPSA) is 49.6 Å². The second kappa shape index (κ2) is 8.63. The van der Waals surface area contributed by atoms with Crippen molar-refractivity contribution in [3.63, 3.8) is 0 Å². The van der Waals surface area contributed by atoms with E-state index in [0.717, 1.165) is 31.6 Å². The third kappa shape index (κ3) is 4.58. The molecule has 0 saturated carbocycles. The van der Waals surface area contributed by atoms with Gasteiger partial charge in [-0.3, -0.25) is 4.79 Å². The third-order valence-corrected chi connectivity index (χ3v) is 5.47. The van der Waals surface area contributed by atoms with Crippen LogP contribution in [0.25, 0.3) is 0 Å². The van der Waals surface area contributed by atoms with Gasteiger partial charge in [-0.15, -0.1) is 0 Å². The summed E-state index contributed by atoms with van der Waals surface area (Å²) in [6.45, 7) is 5.33. The van der Waals surface area contributed by atoms with Gasteiger partial charge in [-0.1, -0.05) is 43.2 Å². The molecule has 4 nitrogen and oxygen atoms in total. The maximum atomic E-state index is 12.8. The zero-order chi connectivity index (χ0) is 16.8. The van der Waals surface area contributed by atoms with E-state index in [2.05, 4.69) is 4.90 Å². The number of carbonyl (C=O) groups excluding carboxylic acids is 1. The molecule has 0 spiro atoms. The lowest BCUT2D eigenvalue weighted by molar-refractivity contribution is -0.134.